The Balaban J connectivity index is 0.00000180. The molecule has 0 spiro atoms. The van der Waals surface area contributed by atoms with E-state index < -0.39 is 17.4 Å². The van der Waals surface area contributed by atoms with Crippen LogP contribution in [0.2, 0.25) is 0 Å². The first-order valence-corrected chi connectivity index (χ1v) is 5.20. The normalized spacial score (nSPS) is 15.3. The van der Waals surface area contributed by atoms with Gasteiger partial charge >= 0.3 is 11.9 Å². The maximum atomic E-state index is 11.4. The second kappa shape index (κ2) is 8.07. The maximum Gasteiger partial charge on any atom is 0.327 e. The van der Waals surface area contributed by atoms with Crippen LogP contribution in [0, 0.1) is 5.41 Å². The number of rotatable bonds is 3. The number of aliphatic carboxylic acids is 2. The summed E-state index contributed by atoms with van der Waals surface area (Å²) >= 11 is 0. The molecule has 20 heavy (non-hydrogen) atoms. The topological polar surface area (TPSA) is 99.8 Å². The summed E-state index contributed by atoms with van der Waals surface area (Å²) in [4.78, 5) is 30.6. The van der Waals surface area contributed by atoms with Gasteiger partial charge in [0, 0.05) is 71.5 Å². The summed E-state index contributed by atoms with van der Waals surface area (Å²) in [7, 11) is 0. The molecule has 0 amide bonds. The minimum absolute atomic E-state index is 0. The van der Waals surface area contributed by atoms with E-state index in [1.165, 1.54) is 18.5 Å². The molecule has 0 aromatic carbocycles. The van der Waals surface area contributed by atoms with Crippen molar-refractivity contribution in [2.45, 2.75) is 6.42 Å². The van der Waals surface area contributed by atoms with Gasteiger partial charge in [0.2, 0.25) is 5.41 Å². The van der Waals surface area contributed by atoms with Crippen LogP contribution >= 0.6 is 0 Å². The molecule has 94 valence electrons. The van der Waals surface area contributed by atoms with Crippen LogP contribution in [-0.2, 0) is 9.59 Å². The van der Waals surface area contributed by atoms with Gasteiger partial charge in [-0.2, -0.15) is 0 Å². The van der Waals surface area contributed by atoms with E-state index in [0.717, 1.165) is 0 Å². The van der Waals surface area contributed by atoms with Crippen LogP contribution in [0.5, 0.6) is 0 Å². The number of pyridine rings is 1. The zero-order valence-corrected chi connectivity index (χ0v) is 15.3. The number of aromatic nitrogens is 1. The predicted octanol–water partition coefficient (Wildman–Crippen LogP) is 0.182. The predicted molar refractivity (Wildman–Crippen MR) is 73.7 cm³/mol. The molecular formula is C12H10N2Na2O4. The SMILES string of the molecule is O=C(O)C1(C(=O)O)CC=CN=C1c1ccccn1.[Na].[Na]. The van der Waals surface area contributed by atoms with Gasteiger partial charge in [-0.25, -0.2) is 0 Å². The quantitative estimate of drug-likeness (QED) is 0.611. The van der Waals surface area contributed by atoms with Crippen molar-refractivity contribution in [3.05, 3.63) is 42.4 Å². The Morgan fingerprint density at radius 3 is 2.30 bits per heavy atom. The van der Waals surface area contributed by atoms with Crippen molar-refractivity contribution < 1.29 is 19.8 Å². The molecule has 0 saturated heterocycles. The molecule has 0 fully saturated rings. The molecule has 2 heterocycles. The smallest absolute Gasteiger partial charge is 0.327 e. The van der Waals surface area contributed by atoms with Gasteiger partial charge in [-0.1, -0.05) is 12.1 Å². The van der Waals surface area contributed by atoms with Crippen molar-refractivity contribution in [2.24, 2.45) is 10.4 Å². The fourth-order valence-corrected chi connectivity index (χ4v) is 1.82. The van der Waals surface area contributed by atoms with Crippen LogP contribution in [0.4, 0.5) is 0 Å². The van der Waals surface area contributed by atoms with Crippen molar-refractivity contribution >= 4 is 76.8 Å². The first-order valence-electron chi connectivity index (χ1n) is 5.20. The van der Waals surface area contributed by atoms with Gasteiger partial charge in [-0.05, 0) is 18.6 Å². The number of carbonyl (C=O) groups is 2. The average Bonchev–Trinajstić information content (AvgIpc) is 2.39. The Labute approximate surface area is 159 Å². The standard InChI is InChI=1S/C12H10N2O4.2Na/c15-10(16)12(11(17)18)5-3-7-14-9(12)8-4-1-2-6-13-8;;/h1-4,6-7H,5H2,(H,15,16)(H,17,18);;. The summed E-state index contributed by atoms with van der Waals surface area (Å²) in [6.45, 7) is 0. The zero-order valence-electron chi connectivity index (χ0n) is 11.3. The van der Waals surface area contributed by atoms with Crippen molar-refractivity contribution in [2.75, 3.05) is 0 Å². The van der Waals surface area contributed by atoms with Crippen LogP contribution in [0.1, 0.15) is 12.1 Å². The third-order valence-corrected chi connectivity index (χ3v) is 2.78. The second-order valence-electron chi connectivity index (χ2n) is 3.80. The molecule has 0 bridgehead atoms. The van der Waals surface area contributed by atoms with E-state index in [1.807, 2.05) is 0 Å². The zero-order chi connectivity index (χ0) is 13.2. The Morgan fingerprint density at radius 2 is 1.80 bits per heavy atom. The third-order valence-electron chi connectivity index (χ3n) is 2.78. The van der Waals surface area contributed by atoms with E-state index in [9.17, 15) is 19.8 Å². The second-order valence-corrected chi connectivity index (χ2v) is 3.80. The number of hydrogen-bond donors (Lipinski definition) is 2. The van der Waals surface area contributed by atoms with Crippen molar-refractivity contribution in [1.29, 1.82) is 0 Å². The molecule has 0 unspecified atom stereocenters. The average molecular weight is 292 g/mol. The first-order chi connectivity index (χ1) is 8.59. The number of carboxylic acid groups (broad SMARTS) is 2. The summed E-state index contributed by atoms with van der Waals surface area (Å²) in [5, 5.41) is 18.5. The van der Waals surface area contributed by atoms with Crippen LogP contribution in [0.25, 0.3) is 0 Å². The monoisotopic (exact) mass is 292 g/mol. The molecule has 1 aromatic heterocycles. The molecule has 2 rings (SSSR count). The van der Waals surface area contributed by atoms with Crippen molar-refractivity contribution in [3.8, 4) is 0 Å². The van der Waals surface area contributed by atoms with Gasteiger partial charge in [0.05, 0.1) is 11.4 Å². The van der Waals surface area contributed by atoms with Gasteiger partial charge in [-0.3, -0.25) is 19.6 Å². The molecule has 2 N–H and O–H groups in total. The summed E-state index contributed by atoms with van der Waals surface area (Å²) in [5.74, 6) is -2.88. The van der Waals surface area contributed by atoms with Crippen molar-refractivity contribution in [1.82, 2.24) is 4.98 Å². The number of carboxylic acids is 2. The molecule has 0 saturated carbocycles. The maximum absolute atomic E-state index is 11.4. The Morgan fingerprint density at radius 1 is 1.15 bits per heavy atom. The summed E-state index contributed by atoms with van der Waals surface area (Å²) in [5.41, 5.74) is -1.86. The van der Waals surface area contributed by atoms with E-state index >= 15 is 0 Å². The van der Waals surface area contributed by atoms with E-state index in [2.05, 4.69) is 9.98 Å². The Hall–Kier alpha value is -0.500. The van der Waals surface area contributed by atoms with Gasteiger partial charge in [0.1, 0.15) is 0 Å². The van der Waals surface area contributed by atoms with Crippen molar-refractivity contribution in [3.63, 3.8) is 0 Å². The van der Waals surface area contributed by atoms with Crippen LogP contribution in [-0.4, -0.2) is 92.0 Å². The molecule has 0 aliphatic carbocycles. The van der Waals surface area contributed by atoms with E-state index in [-0.39, 0.29) is 76.9 Å². The fraction of sp³-hybridized carbons (Fsp3) is 0.167. The van der Waals surface area contributed by atoms with Crippen LogP contribution < -0.4 is 0 Å². The molecule has 8 heteroatoms. The molecule has 2 radical (unpaired) electrons. The van der Waals surface area contributed by atoms with Crippen LogP contribution in [0.3, 0.4) is 0 Å². The van der Waals surface area contributed by atoms with E-state index in [0.29, 0.717) is 0 Å². The van der Waals surface area contributed by atoms with Crippen LogP contribution in [0.15, 0.2) is 41.7 Å². The summed E-state index contributed by atoms with van der Waals surface area (Å²) in [6, 6.07) is 4.85. The number of hydrogen-bond acceptors (Lipinski definition) is 4. The molecule has 0 atom stereocenters. The fourth-order valence-electron chi connectivity index (χ4n) is 1.82. The van der Waals surface area contributed by atoms with Gasteiger partial charge in [-0.15, -0.1) is 0 Å². The van der Waals surface area contributed by atoms with Gasteiger partial charge < -0.3 is 10.2 Å². The summed E-state index contributed by atoms with van der Waals surface area (Å²) < 4.78 is 0. The van der Waals surface area contributed by atoms with Gasteiger partial charge in [0.15, 0.2) is 0 Å². The Kier molecular flexibility index (Phi) is 7.87. The van der Waals surface area contributed by atoms with Gasteiger partial charge in [0.25, 0.3) is 0 Å². The number of nitrogens with zero attached hydrogens (tertiary/aromatic N) is 2. The van der Waals surface area contributed by atoms with E-state index in [4.69, 9.17) is 0 Å². The number of allylic oxidation sites excluding steroid dienone is 1. The molecule has 6 nitrogen and oxygen atoms in total. The first kappa shape index (κ1) is 19.5. The Bertz CT molecular complexity index is 544. The minimum atomic E-state index is -2.07. The minimum Gasteiger partial charge on any atom is -0.480 e. The summed E-state index contributed by atoms with van der Waals surface area (Å²) in [6.07, 6.45) is 4.14. The molecule has 1 aliphatic rings. The molecular weight excluding hydrogens is 282 g/mol. The van der Waals surface area contributed by atoms with E-state index in [1.54, 1.807) is 18.2 Å². The third kappa shape index (κ3) is 3.39. The molecule has 1 aromatic rings. The number of aliphatic imine (C=N–C) groups is 1. The molecule has 1 aliphatic heterocycles. The largest absolute Gasteiger partial charge is 0.480 e.